The van der Waals surface area contributed by atoms with E-state index in [1.165, 1.54) is 0 Å². The number of carbonyl (C=O) groups excluding carboxylic acids is 1. The molecule has 0 unspecified atom stereocenters. The summed E-state index contributed by atoms with van der Waals surface area (Å²) in [5.41, 5.74) is 7.56. The Bertz CT molecular complexity index is 788. The van der Waals surface area contributed by atoms with E-state index in [4.69, 9.17) is 5.73 Å². The van der Waals surface area contributed by atoms with Gasteiger partial charge in [0.05, 0.1) is 23.9 Å². The Morgan fingerprint density at radius 2 is 2.19 bits per heavy atom. The van der Waals surface area contributed by atoms with E-state index in [2.05, 4.69) is 15.5 Å². The third-order valence-corrected chi connectivity index (χ3v) is 3.25. The fraction of sp³-hybridized carbons (Fsp3) is 0.214. The number of aromatic nitrogens is 4. The number of para-hydroxylation sites is 1. The van der Waals surface area contributed by atoms with Crippen molar-refractivity contribution < 1.29 is 4.79 Å². The second-order valence-electron chi connectivity index (χ2n) is 4.78. The van der Waals surface area contributed by atoms with Gasteiger partial charge in [0, 0.05) is 25.2 Å². The molecule has 2 heterocycles. The number of nitrogen functional groups attached to an aromatic ring is 1. The highest BCUT2D eigenvalue weighted by atomic mass is 16.1. The summed E-state index contributed by atoms with van der Waals surface area (Å²) in [5.74, 6) is -0.188. The lowest BCUT2D eigenvalue weighted by atomic mass is 10.2. The molecule has 7 nitrogen and oxygen atoms in total. The Labute approximate surface area is 121 Å². The van der Waals surface area contributed by atoms with Crippen LogP contribution in [0.4, 0.5) is 5.69 Å². The lowest BCUT2D eigenvalue weighted by molar-refractivity contribution is 0.0948. The molecule has 0 saturated carbocycles. The third kappa shape index (κ3) is 2.58. The quantitative estimate of drug-likeness (QED) is 0.740. The number of nitrogens with two attached hydrogens (primary N) is 1. The Hall–Kier alpha value is -2.83. The summed E-state index contributed by atoms with van der Waals surface area (Å²) in [6, 6.07) is 7.65. The predicted molar refractivity (Wildman–Crippen MR) is 79.7 cm³/mol. The fourth-order valence-corrected chi connectivity index (χ4v) is 2.25. The van der Waals surface area contributed by atoms with Crippen molar-refractivity contribution in [1.82, 2.24) is 24.9 Å². The number of hydrogen-bond donors (Lipinski definition) is 2. The molecule has 0 spiro atoms. The third-order valence-electron chi connectivity index (χ3n) is 3.25. The number of hydrogen-bond acceptors (Lipinski definition) is 4. The van der Waals surface area contributed by atoms with Gasteiger partial charge in [0.1, 0.15) is 0 Å². The minimum absolute atomic E-state index is 0.188. The van der Waals surface area contributed by atoms with Gasteiger partial charge in [-0.2, -0.15) is 10.2 Å². The standard InChI is InChI=1S/C14H16N6O/c1-19-12-5-3-2-4-11(12)13(18-19)14(21)16-6-7-20-9-10(15)8-17-20/h2-5,8-9H,6-7,15H2,1H3,(H,16,21). The SMILES string of the molecule is Cn1nc(C(=O)NCCn2cc(N)cn2)c2ccccc21. The molecule has 0 bridgehead atoms. The second kappa shape index (κ2) is 5.28. The van der Waals surface area contributed by atoms with Gasteiger partial charge < -0.3 is 11.1 Å². The molecule has 1 aromatic carbocycles. The molecular formula is C14H16N6O. The van der Waals surface area contributed by atoms with Gasteiger partial charge >= 0.3 is 0 Å². The normalized spacial score (nSPS) is 10.9. The maximum atomic E-state index is 12.2. The zero-order valence-corrected chi connectivity index (χ0v) is 11.7. The summed E-state index contributed by atoms with van der Waals surface area (Å²) in [6.45, 7) is 1.03. The first-order valence-corrected chi connectivity index (χ1v) is 6.63. The fourth-order valence-electron chi connectivity index (χ4n) is 2.25. The molecule has 0 aliphatic rings. The van der Waals surface area contributed by atoms with Crippen molar-refractivity contribution in [3.63, 3.8) is 0 Å². The molecular weight excluding hydrogens is 268 g/mol. The highest BCUT2D eigenvalue weighted by Crippen LogP contribution is 2.17. The van der Waals surface area contributed by atoms with Crippen molar-refractivity contribution in [2.75, 3.05) is 12.3 Å². The summed E-state index contributed by atoms with van der Waals surface area (Å²) in [6.07, 6.45) is 3.30. The number of aryl methyl sites for hydroxylation is 1. The number of carbonyl (C=O) groups is 1. The maximum Gasteiger partial charge on any atom is 0.272 e. The summed E-state index contributed by atoms with van der Waals surface area (Å²) in [7, 11) is 1.83. The summed E-state index contributed by atoms with van der Waals surface area (Å²) >= 11 is 0. The Morgan fingerprint density at radius 1 is 1.38 bits per heavy atom. The van der Waals surface area contributed by atoms with E-state index in [0.29, 0.717) is 24.5 Å². The van der Waals surface area contributed by atoms with E-state index in [-0.39, 0.29) is 5.91 Å². The zero-order valence-electron chi connectivity index (χ0n) is 11.7. The van der Waals surface area contributed by atoms with Crippen molar-refractivity contribution >= 4 is 22.5 Å². The van der Waals surface area contributed by atoms with Gasteiger partial charge in [-0.05, 0) is 6.07 Å². The monoisotopic (exact) mass is 284 g/mol. The molecule has 0 atom stereocenters. The van der Waals surface area contributed by atoms with Gasteiger partial charge in [-0.25, -0.2) is 0 Å². The van der Waals surface area contributed by atoms with Crippen LogP contribution in [-0.4, -0.2) is 32.0 Å². The van der Waals surface area contributed by atoms with Crippen LogP contribution in [0, 0.1) is 0 Å². The van der Waals surface area contributed by atoms with E-state index in [0.717, 1.165) is 10.9 Å². The number of rotatable bonds is 4. The molecule has 3 N–H and O–H groups in total. The van der Waals surface area contributed by atoms with Gasteiger partial charge in [-0.3, -0.25) is 14.2 Å². The molecule has 3 aromatic rings. The Balaban J connectivity index is 1.69. The molecule has 2 aromatic heterocycles. The summed E-state index contributed by atoms with van der Waals surface area (Å²) < 4.78 is 3.39. The van der Waals surface area contributed by atoms with Crippen LogP contribution in [-0.2, 0) is 13.6 Å². The number of fused-ring (bicyclic) bond motifs is 1. The number of amides is 1. The van der Waals surface area contributed by atoms with Crippen molar-refractivity contribution in [1.29, 1.82) is 0 Å². The van der Waals surface area contributed by atoms with E-state index in [1.54, 1.807) is 21.8 Å². The number of benzene rings is 1. The molecule has 0 aliphatic carbocycles. The van der Waals surface area contributed by atoms with Gasteiger partial charge in [0.15, 0.2) is 5.69 Å². The van der Waals surface area contributed by atoms with Crippen LogP contribution in [0.3, 0.4) is 0 Å². The lowest BCUT2D eigenvalue weighted by Gasteiger charge is -2.03. The molecule has 0 radical (unpaired) electrons. The molecule has 108 valence electrons. The predicted octanol–water partition coefficient (Wildman–Crippen LogP) is 0.782. The van der Waals surface area contributed by atoms with Crippen molar-refractivity contribution in [3.8, 4) is 0 Å². The van der Waals surface area contributed by atoms with E-state index >= 15 is 0 Å². The van der Waals surface area contributed by atoms with Gasteiger partial charge in [0.25, 0.3) is 5.91 Å². The van der Waals surface area contributed by atoms with Gasteiger partial charge in [0.2, 0.25) is 0 Å². The zero-order chi connectivity index (χ0) is 14.8. The number of anilines is 1. The molecule has 0 fully saturated rings. The molecule has 0 saturated heterocycles. The average molecular weight is 284 g/mol. The average Bonchev–Trinajstić information content (AvgIpc) is 3.04. The molecule has 1 amide bonds. The van der Waals surface area contributed by atoms with Crippen LogP contribution in [0.2, 0.25) is 0 Å². The highest BCUT2D eigenvalue weighted by molar-refractivity contribution is 6.04. The van der Waals surface area contributed by atoms with Crippen LogP contribution in [0.5, 0.6) is 0 Å². The summed E-state index contributed by atoms with van der Waals surface area (Å²) in [4.78, 5) is 12.2. The first-order valence-electron chi connectivity index (χ1n) is 6.63. The lowest BCUT2D eigenvalue weighted by Crippen LogP contribution is -2.28. The van der Waals surface area contributed by atoms with E-state index in [1.807, 2.05) is 31.3 Å². The number of nitrogens with one attached hydrogen (secondary N) is 1. The van der Waals surface area contributed by atoms with Crippen LogP contribution >= 0.6 is 0 Å². The highest BCUT2D eigenvalue weighted by Gasteiger charge is 2.14. The van der Waals surface area contributed by atoms with Crippen LogP contribution in [0.15, 0.2) is 36.7 Å². The van der Waals surface area contributed by atoms with E-state index in [9.17, 15) is 4.79 Å². The van der Waals surface area contributed by atoms with E-state index < -0.39 is 0 Å². The minimum Gasteiger partial charge on any atom is -0.396 e. The van der Waals surface area contributed by atoms with Crippen LogP contribution in [0.1, 0.15) is 10.5 Å². The Morgan fingerprint density at radius 3 is 2.95 bits per heavy atom. The van der Waals surface area contributed by atoms with Crippen molar-refractivity contribution in [3.05, 3.63) is 42.4 Å². The van der Waals surface area contributed by atoms with Crippen molar-refractivity contribution in [2.45, 2.75) is 6.54 Å². The second-order valence-corrected chi connectivity index (χ2v) is 4.78. The smallest absolute Gasteiger partial charge is 0.272 e. The van der Waals surface area contributed by atoms with Gasteiger partial charge in [-0.1, -0.05) is 18.2 Å². The van der Waals surface area contributed by atoms with Crippen LogP contribution < -0.4 is 11.1 Å². The molecule has 3 rings (SSSR count). The van der Waals surface area contributed by atoms with Crippen LogP contribution in [0.25, 0.3) is 10.9 Å². The molecule has 7 heteroatoms. The summed E-state index contributed by atoms with van der Waals surface area (Å²) in [5, 5.41) is 12.0. The first-order chi connectivity index (χ1) is 10.1. The first kappa shape index (κ1) is 13.2. The van der Waals surface area contributed by atoms with Crippen molar-refractivity contribution in [2.24, 2.45) is 7.05 Å². The van der Waals surface area contributed by atoms with Gasteiger partial charge in [-0.15, -0.1) is 0 Å². The maximum absolute atomic E-state index is 12.2. The molecule has 21 heavy (non-hydrogen) atoms. The minimum atomic E-state index is -0.188. The number of nitrogens with zero attached hydrogens (tertiary/aromatic N) is 4. The molecule has 0 aliphatic heterocycles. The Kier molecular flexibility index (Phi) is 3.31. The largest absolute Gasteiger partial charge is 0.396 e. The topological polar surface area (TPSA) is 90.8 Å².